The minimum absolute atomic E-state index is 0.00375. The van der Waals surface area contributed by atoms with Crippen molar-refractivity contribution in [3.8, 4) is 0 Å². The van der Waals surface area contributed by atoms with Crippen molar-refractivity contribution < 1.29 is 14.6 Å². The van der Waals surface area contributed by atoms with E-state index in [4.69, 9.17) is 9.84 Å². The van der Waals surface area contributed by atoms with Gasteiger partial charge in [0, 0.05) is 6.42 Å². The van der Waals surface area contributed by atoms with E-state index in [1.54, 1.807) is 0 Å². The van der Waals surface area contributed by atoms with Crippen molar-refractivity contribution in [1.29, 1.82) is 0 Å². The summed E-state index contributed by atoms with van der Waals surface area (Å²) in [5.41, 5.74) is 0. The lowest BCUT2D eigenvalue weighted by Gasteiger charge is -2.08. The molecule has 0 amide bonds. The topological polar surface area (TPSA) is 46.5 Å². The van der Waals surface area contributed by atoms with Gasteiger partial charge in [-0.2, -0.15) is 0 Å². The van der Waals surface area contributed by atoms with E-state index < -0.39 is 6.29 Å². The maximum absolute atomic E-state index is 10.8. The van der Waals surface area contributed by atoms with Crippen LogP contribution in [0.5, 0.6) is 0 Å². The number of hydrogen-bond acceptors (Lipinski definition) is 3. The van der Waals surface area contributed by atoms with Crippen LogP contribution in [-0.4, -0.2) is 23.3 Å². The van der Waals surface area contributed by atoms with Gasteiger partial charge in [-0.1, -0.05) is 6.92 Å². The highest BCUT2D eigenvalue weighted by atomic mass is 16.6. The lowest BCUT2D eigenvalue weighted by molar-refractivity contribution is -0.140. The standard InChI is InChI=1S/C7H12O3/c1-4-3-6(9)10-7(4)5(2)8/h4,6-7,9H,3H2,1-2H3/t4-,6?,7-/m0/s1. The van der Waals surface area contributed by atoms with Crippen molar-refractivity contribution >= 4 is 5.78 Å². The Morgan fingerprint density at radius 3 is 2.50 bits per heavy atom. The minimum Gasteiger partial charge on any atom is -0.368 e. The highest BCUT2D eigenvalue weighted by Crippen LogP contribution is 2.24. The van der Waals surface area contributed by atoms with Gasteiger partial charge in [0.2, 0.25) is 0 Å². The fourth-order valence-electron chi connectivity index (χ4n) is 1.30. The molecule has 0 spiro atoms. The minimum atomic E-state index is -0.733. The smallest absolute Gasteiger partial charge is 0.158 e. The maximum atomic E-state index is 10.8. The maximum Gasteiger partial charge on any atom is 0.158 e. The van der Waals surface area contributed by atoms with E-state index in [9.17, 15) is 4.79 Å². The predicted octanol–water partition coefficient (Wildman–Crippen LogP) is 0.319. The molecule has 1 heterocycles. The molecule has 0 aliphatic carbocycles. The van der Waals surface area contributed by atoms with Crippen molar-refractivity contribution in [1.82, 2.24) is 0 Å². The van der Waals surface area contributed by atoms with Crippen LogP contribution in [0.3, 0.4) is 0 Å². The number of ketones is 1. The molecule has 58 valence electrons. The molecular formula is C7H12O3. The Morgan fingerprint density at radius 2 is 2.30 bits per heavy atom. The molecule has 1 rings (SSSR count). The molecule has 0 aromatic rings. The van der Waals surface area contributed by atoms with Crippen LogP contribution in [-0.2, 0) is 9.53 Å². The van der Waals surface area contributed by atoms with Crippen LogP contribution in [0.1, 0.15) is 20.3 Å². The van der Waals surface area contributed by atoms with Crippen molar-refractivity contribution in [3.05, 3.63) is 0 Å². The van der Waals surface area contributed by atoms with Gasteiger partial charge in [0.25, 0.3) is 0 Å². The molecule has 3 atom stereocenters. The molecule has 3 nitrogen and oxygen atoms in total. The summed E-state index contributed by atoms with van der Waals surface area (Å²) in [6, 6.07) is 0. The average Bonchev–Trinajstić information content (AvgIpc) is 2.10. The summed E-state index contributed by atoms with van der Waals surface area (Å²) in [6.07, 6.45) is -0.538. The van der Waals surface area contributed by atoms with Gasteiger partial charge < -0.3 is 9.84 Å². The summed E-state index contributed by atoms with van der Waals surface area (Å²) in [5.74, 6) is 0.163. The van der Waals surface area contributed by atoms with E-state index in [1.807, 2.05) is 6.92 Å². The average molecular weight is 144 g/mol. The molecule has 0 bridgehead atoms. The lowest BCUT2D eigenvalue weighted by atomic mass is 10.0. The fourth-order valence-corrected chi connectivity index (χ4v) is 1.30. The Bertz CT molecular complexity index is 144. The Hall–Kier alpha value is -0.410. The molecular weight excluding hydrogens is 132 g/mol. The highest BCUT2D eigenvalue weighted by molar-refractivity contribution is 5.80. The summed E-state index contributed by atoms with van der Waals surface area (Å²) < 4.78 is 4.94. The first-order chi connectivity index (χ1) is 4.61. The second kappa shape index (κ2) is 2.68. The van der Waals surface area contributed by atoms with E-state index in [1.165, 1.54) is 6.92 Å². The molecule has 0 saturated carbocycles. The zero-order valence-corrected chi connectivity index (χ0v) is 6.20. The van der Waals surface area contributed by atoms with Gasteiger partial charge in [-0.25, -0.2) is 0 Å². The first kappa shape index (κ1) is 7.69. The van der Waals surface area contributed by atoms with E-state index in [0.717, 1.165) is 0 Å². The predicted molar refractivity (Wildman–Crippen MR) is 35.3 cm³/mol. The van der Waals surface area contributed by atoms with Gasteiger partial charge in [-0.05, 0) is 12.8 Å². The van der Waals surface area contributed by atoms with Gasteiger partial charge in [-0.15, -0.1) is 0 Å². The molecule has 1 saturated heterocycles. The van der Waals surface area contributed by atoms with Crippen LogP contribution < -0.4 is 0 Å². The molecule has 0 aromatic heterocycles. The van der Waals surface area contributed by atoms with Crippen molar-refractivity contribution in [3.63, 3.8) is 0 Å². The van der Waals surface area contributed by atoms with Crippen LogP contribution in [0.4, 0.5) is 0 Å². The Labute approximate surface area is 60.0 Å². The molecule has 1 N–H and O–H groups in total. The zero-order valence-electron chi connectivity index (χ0n) is 6.20. The number of rotatable bonds is 1. The number of aliphatic hydroxyl groups is 1. The molecule has 1 aliphatic rings. The summed E-state index contributed by atoms with van der Waals surface area (Å²) in [5, 5.41) is 8.94. The lowest BCUT2D eigenvalue weighted by Crippen LogP contribution is -2.22. The third-order valence-electron chi connectivity index (χ3n) is 1.79. The second-order valence-corrected chi connectivity index (χ2v) is 2.83. The molecule has 0 aromatic carbocycles. The number of ether oxygens (including phenoxy) is 1. The van der Waals surface area contributed by atoms with E-state index in [-0.39, 0.29) is 17.8 Å². The molecule has 10 heavy (non-hydrogen) atoms. The summed E-state index contributed by atoms with van der Waals surface area (Å²) in [4.78, 5) is 10.8. The third kappa shape index (κ3) is 1.36. The SMILES string of the molecule is CC(=O)[C@H]1OC(O)C[C@@H]1C. The Kier molecular flexibility index (Phi) is 2.06. The molecule has 3 heteroatoms. The third-order valence-corrected chi connectivity index (χ3v) is 1.79. The van der Waals surface area contributed by atoms with Crippen molar-refractivity contribution in [2.45, 2.75) is 32.7 Å². The van der Waals surface area contributed by atoms with Crippen LogP contribution >= 0.6 is 0 Å². The molecule has 1 aliphatic heterocycles. The van der Waals surface area contributed by atoms with Crippen LogP contribution in [0.25, 0.3) is 0 Å². The fraction of sp³-hybridized carbons (Fsp3) is 0.857. The summed E-state index contributed by atoms with van der Waals surface area (Å²) >= 11 is 0. The number of carbonyl (C=O) groups is 1. The Morgan fingerprint density at radius 1 is 1.70 bits per heavy atom. The van der Waals surface area contributed by atoms with E-state index in [2.05, 4.69) is 0 Å². The summed E-state index contributed by atoms with van der Waals surface area (Å²) in [6.45, 7) is 3.39. The first-order valence-electron chi connectivity index (χ1n) is 3.45. The van der Waals surface area contributed by atoms with Gasteiger partial charge in [0.1, 0.15) is 6.10 Å². The normalized spacial score (nSPS) is 40.1. The molecule has 0 radical (unpaired) electrons. The van der Waals surface area contributed by atoms with E-state index in [0.29, 0.717) is 6.42 Å². The van der Waals surface area contributed by atoms with Crippen LogP contribution in [0.2, 0.25) is 0 Å². The number of hydrogen-bond donors (Lipinski definition) is 1. The molecule has 1 unspecified atom stereocenters. The van der Waals surface area contributed by atoms with Crippen LogP contribution in [0.15, 0.2) is 0 Å². The summed E-state index contributed by atoms with van der Waals surface area (Å²) in [7, 11) is 0. The Balaban J connectivity index is 2.54. The molecule has 1 fully saturated rings. The quantitative estimate of drug-likeness (QED) is 0.576. The van der Waals surface area contributed by atoms with Gasteiger partial charge in [-0.3, -0.25) is 4.79 Å². The largest absolute Gasteiger partial charge is 0.368 e. The van der Waals surface area contributed by atoms with Crippen LogP contribution in [0, 0.1) is 5.92 Å². The number of aliphatic hydroxyl groups excluding tert-OH is 1. The monoisotopic (exact) mass is 144 g/mol. The van der Waals surface area contributed by atoms with E-state index >= 15 is 0 Å². The second-order valence-electron chi connectivity index (χ2n) is 2.83. The first-order valence-corrected chi connectivity index (χ1v) is 3.45. The van der Waals surface area contributed by atoms with Gasteiger partial charge in [0.05, 0.1) is 0 Å². The zero-order chi connectivity index (χ0) is 7.72. The van der Waals surface area contributed by atoms with Gasteiger partial charge in [0.15, 0.2) is 12.1 Å². The van der Waals surface area contributed by atoms with Gasteiger partial charge >= 0.3 is 0 Å². The highest BCUT2D eigenvalue weighted by Gasteiger charge is 2.33. The number of carbonyl (C=O) groups excluding carboxylic acids is 1. The number of Topliss-reactive ketones (excluding diaryl/α,β-unsaturated/α-hetero) is 1. The van der Waals surface area contributed by atoms with Crippen molar-refractivity contribution in [2.24, 2.45) is 5.92 Å². The van der Waals surface area contributed by atoms with Crippen molar-refractivity contribution in [2.75, 3.05) is 0 Å².